The second-order valence-corrected chi connectivity index (χ2v) is 8.69. The first kappa shape index (κ1) is 20.1. The SMILES string of the molecule is CCCCCCC(=O)N1CCC2(CC1)SCC(=O)N2c1cccc(OC)c1. The summed E-state index contributed by atoms with van der Waals surface area (Å²) in [6, 6.07) is 7.72. The summed E-state index contributed by atoms with van der Waals surface area (Å²) in [7, 11) is 1.64. The summed E-state index contributed by atoms with van der Waals surface area (Å²) < 4.78 is 5.33. The summed E-state index contributed by atoms with van der Waals surface area (Å²) >= 11 is 1.73. The summed E-state index contributed by atoms with van der Waals surface area (Å²) in [5.41, 5.74) is 0.892. The molecule has 2 aliphatic heterocycles. The van der Waals surface area contributed by atoms with Crippen LogP contribution >= 0.6 is 11.8 Å². The summed E-state index contributed by atoms with van der Waals surface area (Å²) in [5, 5.41) is 0. The van der Waals surface area contributed by atoms with E-state index in [9.17, 15) is 9.59 Å². The molecule has 0 saturated carbocycles. The lowest BCUT2D eigenvalue weighted by Crippen LogP contribution is -2.53. The number of carbonyl (C=O) groups excluding carboxylic acids is 2. The van der Waals surface area contributed by atoms with Crippen LogP contribution in [0.1, 0.15) is 51.9 Å². The molecule has 2 saturated heterocycles. The summed E-state index contributed by atoms with van der Waals surface area (Å²) in [4.78, 5) is 28.8. The van der Waals surface area contributed by atoms with Gasteiger partial charge in [-0.1, -0.05) is 32.3 Å². The first-order chi connectivity index (χ1) is 13.1. The first-order valence-corrected chi connectivity index (χ1v) is 11.0. The number of nitrogens with zero attached hydrogens (tertiary/aromatic N) is 2. The van der Waals surface area contributed by atoms with Crippen molar-refractivity contribution in [1.29, 1.82) is 0 Å². The highest BCUT2D eigenvalue weighted by atomic mass is 32.2. The standard InChI is InChI=1S/C21H30N2O3S/c1-3-4-5-6-10-19(24)22-13-11-21(12-14-22)23(20(25)16-27-21)17-8-7-9-18(15-17)26-2/h7-9,15H,3-6,10-14,16H2,1-2H3. The van der Waals surface area contributed by atoms with Gasteiger partial charge < -0.3 is 9.64 Å². The molecule has 2 aliphatic rings. The molecule has 2 heterocycles. The number of piperidine rings is 1. The van der Waals surface area contributed by atoms with Crippen LogP contribution in [0.25, 0.3) is 0 Å². The lowest BCUT2D eigenvalue weighted by molar-refractivity contribution is -0.132. The molecule has 1 spiro atoms. The van der Waals surface area contributed by atoms with Gasteiger partial charge in [0.2, 0.25) is 11.8 Å². The Morgan fingerprint density at radius 1 is 1.22 bits per heavy atom. The van der Waals surface area contributed by atoms with Crippen LogP contribution in [0.2, 0.25) is 0 Å². The number of likely N-dealkylation sites (tertiary alicyclic amines) is 1. The maximum absolute atomic E-state index is 12.6. The van der Waals surface area contributed by atoms with Crippen LogP contribution in [0.5, 0.6) is 5.75 Å². The minimum atomic E-state index is -0.234. The Bertz CT molecular complexity index is 671. The fourth-order valence-electron chi connectivity index (χ4n) is 4.02. The van der Waals surface area contributed by atoms with Gasteiger partial charge in [0, 0.05) is 31.3 Å². The van der Waals surface area contributed by atoms with Crippen molar-refractivity contribution in [2.45, 2.75) is 56.7 Å². The second kappa shape index (κ2) is 9.00. The zero-order valence-corrected chi connectivity index (χ0v) is 17.2. The number of benzene rings is 1. The molecule has 0 bridgehead atoms. The van der Waals surface area contributed by atoms with Gasteiger partial charge >= 0.3 is 0 Å². The lowest BCUT2D eigenvalue weighted by Gasteiger charge is -2.44. The third-order valence-electron chi connectivity index (χ3n) is 5.57. The maximum atomic E-state index is 12.6. The quantitative estimate of drug-likeness (QED) is 0.659. The fraction of sp³-hybridized carbons (Fsp3) is 0.619. The smallest absolute Gasteiger partial charge is 0.238 e. The van der Waals surface area contributed by atoms with E-state index in [0.29, 0.717) is 12.2 Å². The van der Waals surface area contributed by atoms with E-state index in [0.717, 1.165) is 50.2 Å². The van der Waals surface area contributed by atoms with Crippen molar-refractivity contribution < 1.29 is 14.3 Å². The highest BCUT2D eigenvalue weighted by Gasteiger charge is 2.49. The van der Waals surface area contributed by atoms with Crippen molar-refractivity contribution >= 4 is 29.3 Å². The molecule has 1 aromatic rings. The van der Waals surface area contributed by atoms with Crippen LogP contribution in [0.4, 0.5) is 5.69 Å². The van der Waals surface area contributed by atoms with E-state index in [1.807, 2.05) is 34.1 Å². The Hall–Kier alpha value is -1.69. The van der Waals surface area contributed by atoms with Crippen molar-refractivity contribution in [2.75, 3.05) is 30.9 Å². The average Bonchev–Trinajstić information content (AvgIpc) is 3.01. The predicted octanol–water partition coefficient (Wildman–Crippen LogP) is 4.06. The van der Waals surface area contributed by atoms with Crippen LogP contribution in [0.3, 0.4) is 0 Å². The molecule has 1 aromatic carbocycles. The number of hydrogen-bond acceptors (Lipinski definition) is 4. The Kier molecular flexibility index (Phi) is 6.68. The highest BCUT2D eigenvalue weighted by Crippen LogP contribution is 2.47. The Morgan fingerprint density at radius 2 is 2.00 bits per heavy atom. The van der Waals surface area contributed by atoms with Gasteiger partial charge in [-0.2, -0.15) is 0 Å². The van der Waals surface area contributed by atoms with Gasteiger partial charge in [0.25, 0.3) is 0 Å². The number of rotatable bonds is 7. The molecule has 0 N–H and O–H groups in total. The molecule has 148 valence electrons. The van der Waals surface area contributed by atoms with E-state index in [2.05, 4.69) is 6.92 Å². The zero-order chi connectivity index (χ0) is 19.3. The molecule has 0 radical (unpaired) electrons. The number of methoxy groups -OCH3 is 1. The first-order valence-electron chi connectivity index (χ1n) is 9.98. The number of hydrogen-bond donors (Lipinski definition) is 0. The van der Waals surface area contributed by atoms with Gasteiger partial charge in [-0.3, -0.25) is 14.5 Å². The monoisotopic (exact) mass is 390 g/mol. The van der Waals surface area contributed by atoms with Crippen LogP contribution in [-0.2, 0) is 9.59 Å². The van der Waals surface area contributed by atoms with Crippen LogP contribution in [0, 0.1) is 0 Å². The number of amides is 2. The molecule has 0 aromatic heterocycles. The molecule has 6 heteroatoms. The van der Waals surface area contributed by atoms with Crippen LogP contribution < -0.4 is 9.64 Å². The van der Waals surface area contributed by atoms with E-state index >= 15 is 0 Å². The van der Waals surface area contributed by atoms with Crippen molar-refractivity contribution in [1.82, 2.24) is 4.90 Å². The van der Waals surface area contributed by atoms with Crippen LogP contribution in [-0.4, -0.2) is 47.5 Å². The van der Waals surface area contributed by atoms with E-state index in [4.69, 9.17) is 4.74 Å². The third-order valence-corrected chi connectivity index (χ3v) is 7.09. The Morgan fingerprint density at radius 3 is 2.70 bits per heavy atom. The van der Waals surface area contributed by atoms with Crippen molar-refractivity contribution in [3.63, 3.8) is 0 Å². The molecule has 2 amide bonds. The van der Waals surface area contributed by atoms with Gasteiger partial charge in [-0.15, -0.1) is 11.8 Å². The Balaban J connectivity index is 1.64. The summed E-state index contributed by atoms with van der Waals surface area (Å²) in [5.74, 6) is 1.67. The van der Waals surface area contributed by atoms with E-state index in [1.54, 1.807) is 18.9 Å². The number of unbranched alkanes of at least 4 members (excludes halogenated alkanes) is 3. The van der Waals surface area contributed by atoms with Gasteiger partial charge in [0.15, 0.2) is 0 Å². The fourth-order valence-corrected chi connectivity index (χ4v) is 5.34. The highest BCUT2D eigenvalue weighted by molar-refractivity contribution is 8.02. The van der Waals surface area contributed by atoms with Crippen molar-refractivity contribution in [3.05, 3.63) is 24.3 Å². The van der Waals surface area contributed by atoms with Gasteiger partial charge in [0.1, 0.15) is 5.75 Å². The summed E-state index contributed by atoms with van der Waals surface area (Å²) in [6.07, 6.45) is 6.79. The molecule has 0 aliphatic carbocycles. The van der Waals surface area contributed by atoms with E-state index in [-0.39, 0.29) is 16.7 Å². The number of ether oxygens (including phenoxy) is 1. The largest absolute Gasteiger partial charge is 0.497 e. The van der Waals surface area contributed by atoms with Gasteiger partial charge in [0.05, 0.1) is 17.7 Å². The third kappa shape index (κ3) is 4.42. The molecule has 0 unspecified atom stereocenters. The normalized spacial score (nSPS) is 19.0. The molecule has 5 nitrogen and oxygen atoms in total. The second-order valence-electron chi connectivity index (χ2n) is 7.36. The number of thioether (sulfide) groups is 1. The summed E-state index contributed by atoms with van der Waals surface area (Å²) in [6.45, 7) is 3.64. The predicted molar refractivity (Wildman–Crippen MR) is 110 cm³/mol. The molecule has 0 atom stereocenters. The maximum Gasteiger partial charge on any atom is 0.238 e. The number of anilines is 1. The van der Waals surface area contributed by atoms with Gasteiger partial charge in [-0.05, 0) is 31.4 Å². The van der Waals surface area contributed by atoms with Gasteiger partial charge in [-0.25, -0.2) is 0 Å². The van der Waals surface area contributed by atoms with Crippen molar-refractivity contribution in [3.8, 4) is 5.75 Å². The topological polar surface area (TPSA) is 49.9 Å². The van der Waals surface area contributed by atoms with E-state index < -0.39 is 0 Å². The number of carbonyl (C=O) groups is 2. The minimum Gasteiger partial charge on any atom is -0.497 e. The Labute approximate surface area is 166 Å². The zero-order valence-electron chi connectivity index (χ0n) is 16.4. The van der Waals surface area contributed by atoms with Crippen LogP contribution in [0.15, 0.2) is 24.3 Å². The molecule has 2 fully saturated rings. The van der Waals surface area contributed by atoms with Crippen molar-refractivity contribution in [2.24, 2.45) is 0 Å². The lowest BCUT2D eigenvalue weighted by atomic mass is 10.0. The molecule has 27 heavy (non-hydrogen) atoms. The molecule has 3 rings (SSSR count). The minimum absolute atomic E-state index is 0.146. The average molecular weight is 391 g/mol. The van der Waals surface area contributed by atoms with E-state index in [1.165, 1.54) is 12.8 Å². The molecular weight excluding hydrogens is 360 g/mol. The molecular formula is C21H30N2O3S.